The predicted molar refractivity (Wildman–Crippen MR) is 94.4 cm³/mol. The summed E-state index contributed by atoms with van der Waals surface area (Å²) in [4.78, 5) is 27.5. The average molecular weight is 411 g/mol. The molecule has 0 saturated carbocycles. The van der Waals surface area contributed by atoms with Crippen molar-refractivity contribution in [2.75, 3.05) is 30.0 Å². The van der Waals surface area contributed by atoms with Crippen LogP contribution in [0.15, 0.2) is 18.2 Å². The van der Waals surface area contributed by atoms with Crippen molar-refractivity contribution in [3.05, 3.63) is 24.1 Å². The summed E-state index contributed by atoms with van der Waals surface area (Å²) in [6.07, 6.45) is -4.00. The smallest absolute Gasteiger partial charge is 0.416 e. The van der Waals surface area contributed by atoms with Gasteiger partial charge in [0, 0.05) is 11.8 Å². The lowest BCUT2D eigenvalue weighted by atomic mass is 10.1. The lowest BCUT2D eigenvalue weighted by molar-refractivity contribution is -0.116. The Morgan fingerprint density at radius 2 is 2.17 bits per heavy atom. The number of halogens is 3. The molecule has 2 aliphatic rings. The van der Waals surface area contributed by atoms with Crippen LogP contribution >= 0.6 is 0 Å². The summed E-state index contributed by atoms with van der Waals surface area (Å²) in [6.45, 7) is -0.505. The fourth-order valence-corrected chi connectivity index (χ4v) is 3.22. The molecule has 2 aromatic rings. The van der Waals surface area contributed by atoms with Gasteiger partial charge in [-0.15, -0.1) is 0 Å². The van der Waals surface area contributed by atoms with E-state index in [0.717, 1.165) is 4.57 Å². The van der Waals surface area contributed by atoms with Crippen LogP contribution in [-0.2, 0) is 16.1 Å². The Bertz CT molecular complexity index is 980. The third-order valence-electron chi connectivity index (χ3n) is 4.58. The summed E-state index contributed by atoms with van der Waals surface area (Å²) >= 11 is 0. The summed E-state index contributed by atoms with van der Waals surface area (Å²) in [5, 5.41) is 2.82. The SMILES string of the molecule is NC(=O)CNc1ccc2c(c1)OCCn1c-2nc(N2C(=O)OCC2C(F)F)c1F. The van der Waals surface area contributed by atoms with E-state index in [0.29, 0.717) is 21.9 Å². The number of benzene rings is 1. The molecule has 0 bridgehead atoms. The van der Waals surface area contributed by atoms with E-state index in [9.17, 15) is 18.4 Å². The highest BCUT2D eigenvalue weighted by atomic mass is 19.3. The molecule has 1 atom stereocenters. The van der Waals surface area contributed by atoms with Gasteiger partial charge in [0.05, 0.1) is 18.7 Å². The number of alkyl halides is 2. The Hall–Kier alpha value is -3.44. The van der Waals surface area contributed by atoms with Crippen molar-refractivity contribution in [2.24, 2.45) is 5.73 Å². The number of anilines is 2. The summed E-state index contributed by atoms with van der Waals surface area (Å²) in [5.74, 6) is -1.52. The highest BCUT2D eigenvalue weighted by Crippen LogP contribution is 2.38. The summed E-state index contributed by atoms with van der Waals surface area (Å²) < 4.78 is 53.0. The van der Waals surface area contributed by atoms with Gasteiger partial charge in [0.15, 0.2) is 5.82 Å². The summed E-state index contributed by atoms with van der Waals surface area (Å²) in [5.41, 5.74) is 6.05. The van der Waals surface area contributed by atoms with Crippen LogP contribution in [0.2, 0.25) is 0 Å². The third-order valence-corrected chi connectivity index (χ3v) is 4.58. The molecule has 3 heterocycles. The molecular formula is C17H16F3N5O4. The molecule has 2 amide bonds. The number of amides is 2. The molecule has 9 nitrogen and oxygen atoms in total. The van der Waals surface area contributed by atoms with Gasteiger partial charge in [-0.1, -0.05) is 0 Å². The van der Waals surface area contributed by atoms with Crippen molar-refractivity contribution in [2.45, 2.75) is 19.0 Å². The molecule has 1 unspecified atom stereocenters. The van der Waals surface area contributed by atoms with Crippen LogP contribution in [0.1, 0.15) is 0 Å². The van der Waals surface area contributed by atoms with Gasteiger partial charge in [0.2, 0.25) is 11.9 Å². The lowest BCUT2D eigenvalue weighted by Gasteiger charge is -2.18. The average Bonchev–Trinajstić information content (AvgIpc) is 3.14. The second kappa shape index (κ2) is 7.18. The fourth-order valence-electron chi connectivity index (χ4n) is 3.22. The van der Waals surface area contributed by atoms with Crippen molar-refractivity contribution in [1.29, 1.82) is 0 Å². The highest BCUT2D eigenvalue weighted by molar-refractivity contribution is 5.90. The Labute approximate surface area is 162 Å². The Balaban J connectivity index is 1.74. The van der Waals surface area contributed by atoms with Gasteiger partial charge in [-0.3, -0.25) is 9.36 Å². The number of nitrogens with one attached hydrogen (secondary N) is 1. The number of cyclic esters (lactones) is 1. The van der Waals surface area contributed by atoms with Crippen molar-refractivity contribution in [1.82, 2.24) is 9.55 Å². The molecular weight excluding hydrogens is 395 g/mol. The second-order valence-electron chi connectivity index (χ2n) is 6.43. The van der Waals surface area contributed by atoms with Gasteiger partial charge in [-0.25, -0.2) is 23.5 Å². The number of imidazole rings is 1. The van der Waals surface area contributed by atoms with Crippen molar-refractivity contribution in [3.63, 3.8) is 0 Å². The molecule has 29 heavy (non-hydrogen) atoms. The minimum Gasteiger partial charge on any atom is -0.491 e. The summed E-state index contributed by atoms with van der Waals surface area (Å²) in [7, 11) is 0. The van der Waals surface area contributed by atoms with E-state index in [1.54, 1.807) is 18.2 Å². The number of hydrogen-bond acceptors (Lipinski definition) is 6. The Morgan fingerprint density at radius 1 is 1.38 bits per heavy atom. The minimum absolute atomic E-state index is 0.0507. The largest absolute Gasteiger partial charge is 0.491 e. The molecule has 0 spiro atoms. The first kappa shape index (κ1) is 18.9. The van der Waals surface area contributed by atoms with E-state index in [2.05, 4.69) is 15.0 Å². The molecule has 3 N–H and O–H groups in total. The second-order valence-corrected chi connectivity index (χ2v) is 6.43. The van der Waals surface area contributed by atoms with E-state index in [1.165, 1.54) is 0 Å². The van der Waals surface area contributed by atoms with Crippen LogP contribution in [0.5, 0.6) is 5.75 Å². The first-order valence-corrected chi connectivity index (χ1v) is 8.66. The van der Waals surface area contributed by atoms with Gasteiger partial charge < -0.3 is 20.5 Å². The molecule has 12 heteroatoms. The van der Waals surface area contributed by atoms with Crippen LogP contribution < -0.4 is 20.7 Å². The Morgan fingerprint density at radius 3 is 2.90 bits per heavy atom. The first-order valence-electron chi connectivity index (χ1n) is 8.66. The topological polar surface area (TPSA) is 112 Å². The standard InChI is InChI=1S/C17H16F3N5O4/c18-13(19)10-7-29-17(27)25(10)16-14(20)24-3-4-28-11-5-8(22-6-12(21)26)1-2-9(11)15(24)23-16/h1-2,5,10,13,22H,3-4,6-7H2,(H2,21,26). The molecule has 1 aromatic carbocycles. The third kappa shape index (κ3) is 3.30. The zero-order valence-electron chi connectivity index (χ0n) is 14.9. The van der Waals surface area contributed by atoms with Gasteiger partial charge >= 0.3 is 6.09 Å². The number of aromatic nitrogens is 2. The van der Waals surface area contributed by atoms with Crippen LogP contribution in [0.3, 0.4) is 0 Å². The van der Waals surface area contributed by atoms with E-state index in [4.69, 9.17) is 10.5 Å². The van der Waals surface area contributed by atoms with Crippen LogP contribution in [-0.4, -0.2) is 53.8 Å². The van der Waals surface area contributed by atoms with E-state index < -0.39 is 42.8 Å². The molecule has 4 rings (SSSR count). The zero-order chi connectivity index (χ0) is 20.7. The van der Waals surface area contributed by atoms with Gasteiger partial charge in [0.1, 0.15) is 30.8 Å². The normalized spacial score (nSPS) is 18.0. The number of carbonyl (C=O) groups excluding carboxylic acids is 2. The minimum atomic E-state index is -2.92. The molecule has 0 radical (unpaired) electrons. The molecule has 154 valence electrons. The van der Waals surface area contributed by atoms with Crippen molar-refractivity contribution >= 4 is 23.5 Å². The van der Waals surface area contributed by atoms with Crippen molar-refractivity contribution in [3.8, 4) is 17.1 Å². The highest BCUT2D eigenvalue weighted by Gasteiger charge is 2.44. The van der Waals surface area contributed by atoms with Gasteiger partial charge in [-0.05, 0) is 12.1 Å². The van der Waals surface area contributed by atoms with Crippen LogP contribution in [0.4, 0.5) is 29.5 Å². The number of nitrogens with two attached hydrogens (primary N) is 1. The van der Waals surface area contributed by atoms with E-state index in [1.807, 2.05) is 0 Å². The van der Waals surface area contributed by atoms with Gasteiger partial charge in [-0.2, -0.15) is 4.39 Å². The quantitative estimate of drug-likeness (QED) is 0.773. The van der Waals surface area contributed by atoms with Crippen LogP contribution in [0, 0.1) is 5.95 Å². The maximum Gasteiger partial charge on any atom is 0.416 e. The molecule has 0 aliphatic carbocycles. The maximum absolute atomic E-state index is 15.0. The first-order chi connectivity index (χ1) is 13.9. The van der Waals surface area contributed by atoms with E-state index in [-0.39, 0.29) is 25.5 Å². The number of nitrogens with zero attached hydrogens (tertiary/aromatic N) is 3. The monoisotopic (exact) mass is 411 g/mol. The van der Waals surface area contributed by atoms with Crippen LogP contribution in [0.25, 0.3) is 11.4 Å². The molecule has 1 aromatic heterocycles. The molecule has 1 saturated heterocycles. The number of hydrogen-bond donors (Lipinski definition) is 2. The van der Waals surface area contributed by atoms with Crippen molar-refractivity contribution < 1.29 is 32.2 Å². The van der Waals surface area contributed by atoms with Gasteiger partial charge in [0.25, 0.3) is 6.43 Å². The Kier molecular flexibility index (Phi) is 4.68. The zero-order valence-corrected chi connectivity index (χ0v) is 14.9. The number of primary amides is 1. The fraction of sp³-hybridized carbons (Fsp3) is 0.353. The molecule has 1 fully saturated rings. The predicted octanol–water partition coefficient (Wildman–Crippen LogP) is 1.57. The lowest BCUT2D eigenvalue weighted by Crippen LogP contribution is -2.39. The number of carbonyl (C=O) groups is 2. The van der Waals surface area contributed by atoms with E-state index >= 15 is 4.39 Å². The number of ether oxygens (including phenoxy) is 2. The number of rotatable bonds is 5. The summed E-state index contributed by atoms with van der Waals surface area (Å²) in [6, 6.07) is 3.16. The number of fused-ring (bicyclic) bond motifs is 3. The molecule has 2 aliphatic heterocycles. The maximum atomic E-state index is 15.0.